The average molecular weight is 285 g/mol. The van der Waals surface area contributed by atoms with Gasteiger partial charge in [-0.3, -0.25) is 0 Å². The van der Waals surface area contributed by atoms with Gasteiger partial charge in [0.25, 0.3) is 0 Å². The molecule has 1 aromatic heterocycles. The molecule has 1 fully saturated rings. The number of aryl methyl sites for hydroxylation is 1. The van der Waals surface area contributed by atoms with Gasteiger partial charge in [-0.05, 0) is 44.1 Å². The van der Waals surface area contributed by atoms with Crippen LogP contribution in [-0.4, -0.2) is 10.1 Å². The average Bonchev–Trinajstić information content (AvgIpc) is 2.94. The van der Waals surface area contributed by atoms with Gasteiger partial charge in [0.15, 0.2) is 5.82 Å². The SMILES string of the molecule is Cc1ccc(Cc2noc(C3(N)CCC(C)CC3)n2)cc1. The zero-order valence-electron chi connectivity index (χ0n) is 12.8. The Morgan fingerprint density at radius 1 is 1.24 bits per heavy atom. The predicted molar refractivity (Wildman–Crippen MR) is 81.8 cm³/mol. The van der Waals surface area contributed by atoms with Crippen molar-refractivity contribution in [1.82, 2.24) is 10.1 Å². The van der Waals surface area contributed by atoms with E-state index in [0.29, 0.717) is 12.3 Å². The van der Waals surface area contributed by atoms with Crippen molar-refractivity contribution in [3.8, 4) is 0 Å². The van der Waals surface area contributed by atoms with Gasteiger partial charge in [0.05, 0.1) is 5.54 Å². The molecule has 0 saturated heterocycles. The van der Waals surface area contributed by atoms with Gasteiger partial charge >= 0.3 is 0 Å². The fourth-order valence-electron chi connectivity index (χ4n) is 2.91. The smallest absolute Gasteiger partial charge is 0.246 e. The van der Waals surface area contributed by atoms with E-state index in [2.05, 4.69) is 48.3 Å². The molecule has 0 radical (unpaired) electrons. The Balaban J connectivity index is 1.72. The van der Waals surface area contributed by atoms with Crippen molar-refractivity contribution in [2.45, 2.75) is 51.5 Å². The molecule has 0 spiro atoms. The first-order valence-electron chi connectivity index (χ1n) is 7.73. The summed E-state index contributed by atoms with van der Waals surface area (Å²) in [5.41, 5.74) is 8.49. The zero-order valence-corrected chi connectivity index (χ0v) is 12.8. The molecule has 0 amide bonds. The third-order valence-electron chi connectivity index (χ3n) is 4.54. The summed E-state index contributed by atoms with van der Waals surface area (Å²) in [5, 5.41) is 4.11. The number of nitrogens with two attached hydrogens (primary N) is 1. The van der Waals surface area contributed by atoms with E-state index in [1.165, 1.54) is 11.1 Å². The number of hydrogen-bond acceptors (Lipinski definition) is 4. The molecule has 1 aliphatic rings. The number of aromatic nitrogens is 2. The van der Waals surface area contributed by atoms with E-state index in [0.717, 1.165) is 37.4 Å². The fraction of sp³-hybridized carbons (Fsp3) is 0.529. The van der Waals surface area contributed by atoms with Crippen LogP contribution < -0.4 is 5.73 Å². The van der Waals surface area contributed by atoms with Crippen molar-refractivity contribution < 1.29 is 4.52 Å². The normalized spacial score (nSPS) is 26.0. The lowest BCUT2D eigenvalue weighted by Gasteiger charge is -2.32. The second-order valence-electron chi connectivity index (χ2n) is 6.52. The molecule has 0 aliphatic heterocycles. The molecule has 1 aliphatic carbocycles. The predicted octanol–water partition coefficient (Wildman–Crippen LogP) is 3.33. The summed E-state index contributed by atoms with van der Waals surface area (Å²) in [4.78, 5) is 4.55. The molecule has 1 saturated carbocycles. The van der Waals surface area contributed by atoms with Gasteiger partial charge in [-0.25, -0.2) is 0 Å². The highest BCUT2D eigenvalue weighted by molar-refractivity contribution is 5.23. The maximum atomic E-state index is 6.47. The third kappa shape index (κ3) is 3.16. The van der Waals surface area contributed by atoms with E-state index in [9.17, 15) is 0 Å². The van der Waals surface area contributed by atoms with Gasteiger partial charge in [0.2, 0.25) is 5.89 Å². The second-order valence-corrected chi connectivity index (χ2v) is 6.52. The first-order chi connectivity index (χ1) is 10.0. The van der Waals surface area contributed by atoms with Gasteiger partial charge in [-0.2, -0.15) is 4.98 Å². The van der Waals surface area contributed by atoms with Gasteiger partial charge < -0.3 is 10.3 Å². The largest absolute Gasteiger partial charge is 0.337 e. The van der Waals surface area contributed by atoms with Crippen molar-refractivity contribution >= 4 is 0 Å². The van der Waals surface area contributed by atoms with Crippen LogP contribution in [0.25, 0.3) is 0 Å². The van der Waals surface area contributed by atoms with Crippen molar-refractivity contribution in [1.29, 1.82) is 0 Å². The Morgan fingerprint density at radius 2 is 1.90 bits per heavy atom. The third-order valence-corrected chi connectivity index (χ3v) is 4.54. The van der Waals surface area contributed by atoms with Crippen LogP contribution in [0.3, 0.4) is 0 Å². The molecule has 112 valence electrons. The van der Waals surface area contributed by atoms with Gasteiger partial charge in [-0.1, -0.05) is 41.9 Å². The summed E-state index contributed by atoms with van der Waals surface area (Å²) in [7, 11) is 0. The van der Waals surface area contributed by atoms with Crippen LogP contribution in [0.1, 0.15) is 55.4 Å². The van der Waals surface area contributed by atoms with Crippen LogP contribution >= 0.6 is 0 Å². The molecule has 21 heavy (non-hydrogen) atoms. The maximum absolute atomic E-state index is 6.47. The molecule has 2 aromatic rings. The highest BCUT2D eigenvalue weighted by atomic mass is 16.5. The Hall–Kier alpha value is -1.68. The minimum Gasteiger partial charge on any atom is -0.337 e. The lowest BCUT2D eigenvalue weighted by atomic mass is 9.78. The zero-order chi connectivity index (χ0) is 14.9. The van der Waals surface area contributed by atoms with Crippen LogP contribution in [0, 0.1) is 12.8 Å². The summed E-state index contributed by atoms with van der Waals surface area (Å²) in [6, 6.07) is 8.41. The Labute approximate surface area is 125 Å². The molecule has 0 atom stereocenters. The van der Waals surface area contributed by atoms with Crippen LogP contribution in [0.2, 0.25) is 0 Å². The van der Waals surface area contributed by atoms with Gasteiger partial charge in [-0.15, -0.1) is 0 Å². The maximum Gasteiger partial charge on any atom is 0.246 e. The van der Waals surface area contributed by atoms with Crippen molar-refractivity contribution in [2.24, 2.45) is 11.7 Å². The van der Waals surface area contributed by atoms with E-state index in [1.54, 1.807) is 0 Å². The van der Waals surface area contributed by atoms with Gasteiger partial charge in [0.1, 0.15) is 0 Å². The molecule has 4 heteroatoms. The summed E-state index contributed by atoms with van der Waals surface area (Å²) in [5.74, 6) is 2.07. The van der Waals surface area contributed by atoms with Crippen LogP contribution in [0.4, 0.5) is 0 Å². The minimum atomic E-state index is -0.426. The topological polar surface area (TPSA) is 64.9 Å². The molecule has 1 aromatic carbocycles. The van der Waals surface area contributed by atoms with Crippen LogP contribution in [0.15, 0.2) is 28.8 Å². The van der Waals surface area contributed by atoms with Gasteiger partial charge in [0, 0.05) is 6.42 Å². The molecule has 2 N–H and O–H groups in total. The van der Waals surface area contributed by atoms with E-state index in [4.69, 9.17) is 10.3 Å². The van der Waals surface area contributed by atoms with Crippen molar-refractivity contribution in [2.75, 3.05) is 0 Å². The first kappa shape index (κ1) is 14.3. The standard InChI is InChI=1S/C17H23N3O/c1-12-3-5-14(6-4-12)11-15-19-16(21-20-15)17(18)9-7-13(2)8-10-17/h3-6,13H,7-11,18H2,1-2H3. The lowest BCUT2D eigenvalue weighted by Crippen LogP contribution is -2.40. The fourth-order valence-corrected chi connectivity index (χ4v) is 2.91. The summed E-state index contributed by atoms with van der Waals surface area (Å²) in [6.07, 6.45) is 4.81. The molecular weight excluding hydrogens is 262 g/mol. The first-order valence-corrected chi connectivity index (χ1v) is 7.73. The second kappa shape index (κ2) is 5.60. The molecule has 0 bridgehead atoms. The number of nitrogens with zero attached hydrogens (tertiary/aromatic N) is 2. The van der Waals surface area contributed by atoms with Crippen molar-refractivity contribution in [3.63, 3.8) is 0 Å². The molecule has 3 rings (SSSR count). The lowest BCUT2D eigenvalue weighted by molar-refractivity contribution is 0.190. The Kier molecular flexibility index (Phi) is 3.81. The highest BCUT2D eigenvalue weighted by Crippen LogP contribution is 2.36. The van der Waals surface area contributed by atoms with Crippen LogP contribution in [-0.2, 0) is 12.0 Å². The molecule has 0 unspecified atom stereocenters. The quantitative estimate of drug-likeness (QED) is 0.939. The Bertz CT molecular complexity index is 595. The molecule has 4 nitrogen and oxygen atoms in total. The monoisotopic (exact) mass is 285 g/mol. The summed E-state index contributed by atoms with van der Waals surface area (Å²) < 4.78 is 5.45. The van der Waals surface area contributed by atoms with Crippen molar-refractivity contribution in [3.05, 3.63) is 47.1 Å². The Morgan fingerprint density at radius 3 is 2.57 bits per heavy atom. The minimum absolute atomic E-state index is 0.426. The summed E-state index contributed by atoms with van der Waals surface area (Å²) in [6.45, 7) is 4.36. The number of rotatable bonds is 3. The van der Waals surface area contributed by atoms with E-state index in [1.807, 2.05) is 0 Å². The highest BCUT2D eigenvalue weighted by Gasteiger charge is 2.37. The van der Waals surface area contributed by atoms with E-state index >= 15 is 0 Å². The van der Waals surface area contributed by atoms with E-state index in [-0.39, 0.29) is 0 Å². The molecular formula is C17H23N3O. The van der Waals surface area contributed by atoms with E-state index < -0.39 is 5.54 Å². The number of hydrogen-bond donors (Lipinski definition) is 1. The summed E-state index contributed by atoms with van der Waals surface area (Å²) >= 11 is 0. The van der Waals surface area contributed by atoms with Crippen LogP contribution in [0.5, 0.6) is 0 Å². The molecule has 1 heterocycles. The number of benzene rings is 1.